The van der Waals surface area contributed by atoms with E-state index < -0.39 is 5.60 Å². The van der Waals surface area contributed by atoms with E-state index in [1.165, 1.54) is 19.3 Å². The maximum Gasteiger partial charge on any atom is 0.256 e. The van der Waals surface area contributed by atoms with Crippen LogP contribution in [0.25, 0.3) is 5.82 Å². The number of hydrogen-bond donors (Lipinski definition) is 2. The van der Waals surface area contributed by atoms with Crippen LogP contribution < -0.4 is 5.32 Å². The van der Waals surface area contributed by atoms with Gasteiger partial charge >= 0.3 is 0 Å². The first kappa shape index (κ1) is 18.6. The Morgan fingerprint density at radius 1 is 1.10 bits per heavy atom. The van der Waals surface area contributed by atoms with Crippen molar-refractivity contribution in [3.8, 4) is 5.82 Å². The standard InChI is InChI=1S/C23H31N5O2/c29-21(26-20-16-9-15-10-17(20)13-23(30,11-15)12-16)19-14-25-28(18-5-2-1-3-6-18)22(19)27-8-4-7-24-27/h4,7-8,14-18,20,30H,1-3,5-6,9-13H2,(H,26,29). The van der Waals surface area contributed by atoms with Crippen LogP contribution in [0, 0.1) is 17.8 Å². The highest BCUT2D eigenvalue weighted by Gasteiger charge is 2.55. The number of amides is 1. The molecule has 4 bridgehead atoms. The zero-order chi connectivity index (χ0) is 20.3. The third kappa shape index (κ3) is 3.01. The van der Waals surface area contributed by atoms with E-state index in [4.69, 9.17) is 0 Å². The topological polar surface area (TPSA) is 85.0 Å². The number of aliphatic hydroxyl groups is 1. The van der Waals surface area contributed by atoms with Crippen molar-refractivity contribution in [1.82, 2.24) is 24.9 Å². The van der Waals surface area contributed by atoms with Crippen LogP contribution in [0.1, 0.15) is 80.6 Å². The van der Waals surface area contributed by atoms with Crippen molar-refractivity contribution in [2.45, 2.75) is 81.9 Å². The van der Waals surface area contributed by atoms with E-state index in [1.807, 2.05) is 16.9 Å². The molecule has 2 atom stereocenters. The fourth-order valence-electron chi connectivity index (χ4n) is 7.18. The summed E-state index contributed by atoms with van der Waals surface area (Å²) in [6.45, 7) is 0. The fraction of sp³-hybridized carbons (Fsp3) is 0.696. The Labute approximate surface area is 176 Å². The van der Waals surface area contributed by atoms with E-state index in [1.54, 1.807) is 17.1 Å². The lowest BCUT2D eigenvalue weighted by Crippen LogP contribution is -2.61. The van der Waals surface area contributed by atoms with Gasteiger partial charge in [0.1, 0.15) is 5.56 Å². The Morgan fingerprint density at radius 3 is 2.53 bits per heavy atom. The Kier molecular flexibility index (Phi) is 4.30. The molecule has 5 aliphatic carbocycles. The lowest BCUT2D eigenvalue weighted by atomic mass is 9.52. The molecule has 2 unspecified atom stereocenters. The second-order valence-electron chi connectivity index (χ2n) is 10.3. The molecule has 160 valence electrons. The van der Waals surface area contributed by atoms with Gasteiger partial charge in [-0.25, -0.2) is 9.36 Å². The zero-order valence-corrected chi connectivity index (χ0v) is 17.4. The number of aromatic nitrogens is 4. The second-order valence-corrected chi connectivity index (χ2v) is 10.3. The molecule has 7 heteroatoms. The van der Waals surface area contributed by atoms with Gasteiger partial charge in [0.2, 0.25) is 0 Å². The number of nitrogens with zero attached hydrogens (tertiary/aromatic N) is 4. The fourth-order valence-corrected chi connectivity index (χ4v) is 7.18. The molecule has 2 heterocycles. The summed E-state index contributed by atoms with van der Waals surface area (Å²) >= 11 is 0. The number of carbonyl (C=O) groups excluding carboxylic acids is 1. The third-order valence-corrected chi connectivity index (χ3v) is 8.19. The van der Waals surface area contributed by atoms with E-state index in [-0.39, 0.29) is 11.9 Å². The first-order valence-electron chi connectivity index (χ1n) is 11.7. The van der Waals surface area contributed by atoms with Crippen molar-refractivity contribution < 1.29 is 9.90 Å². The van der Waals surface area contributed by atoms with Gasteiger partial charge in [-0.3, -0.25) is 4.79 Å². The predicted octanol–water partition coefficient (Wildman–Crippen LogP) is 3.24. The van der Waals surface area contributed by atoms with Crippen molar-refractivity contribution in [1.29, 1.82) is 0 Å². The van der Waals surface area contributed by atoms with Crippen LogP contribution >= 0.6 is 0 Å². The summed E-state index contributed by atoms with van der Waals surface area (Å²) in [5.41, 5.74) is 0.126. The largest absolute Gasteiger partial charge is 0.390 e. The van der Waals surface area contributed by atoms with Crippen LogP contribution in [-0.2, 0) is 0 Å². The summed E-state index contributed by atoms with van der Waals surface area (Å²) in [7, 11) is 0. The van der Waals surface area contributed by atoms with Gasteiger partial charge in [-0.2, -0.15) is 10.2 Å². The predicted molar refractivity (Wildman–Crippen MR) is 111 cm³/mol. The molecule has 0 aromatic carbocycles. The molecular weight excluding hydrogens is 378 g/mol. The van der Waals surface area contributed by atoms with Crippen LogP contribution in [0.5, 0.6) is 0 Å². The molecule has 1 amide bonds. The highest BCUT2D eigenvalue weighted by molar-refractivity contribution is 5.97. The minimum Gasteiger partial charge on any atom is -0.390 e. The lowest BCUT2D eigenvalue weighted by Gasteiger charge is -2.58. The smallest absolute Gasteiger partial charge is 0.256 e. The molecule has 5 aliphatic rings. The lowest BCUT2D eigenvalue weighted by molar-refractivity contribution is -0.136. The van der Waals surface area contributed by atoms with Crippen molar-refractivity contribution in [2.24, 2.45) is 17.8 Å². The molecule has 2 aromatic rings. The average molecular weight is 410 g/mol. The van der Waals surface area contributed by atoms with Gasteiger partial charge < -0.3 is 10.4 Å². The van der Waals surface area contributed by atoms with E-state index in [0.717, 1.165) is 50.8 Å². The minimum atomic E-state index is -0.482. The highest BCUT2D eigenvalue weighted by Crippen LogP contribution is 2.55. The van der Waals surface area contributed by atoms with Crippen LogP contribution in [-0.4, -0.2) is 42.2 Å². The van der Waals surface area contributed by atoms with Crippen molar-refractivity contribution in [2.75, 3.05) is 0 Å². The summed E-state index contributed by atoms with van der Waals surface area (Å²) < 4.78 is 3.82. The maximum absolute atomic E-state index is 13.5. The van der Waals surface area contributed by atoms with E-state index in [9.17, 15) is 9.90 Å². The third-order valence-electron chi connectivity index (χ3n) is 8.19. The van der Waals surface area contributed by atoms with Gasteiger partial charge in [0.25, 0.3) is 5.91 Å². The Balaban J connectivity index is 1.29. The molecule has 0 aliphatic heterocycles. The van der Waals surface area contributed by atoms with Gasteiger partial charge in [-0.1, -0.05) is 19.3 Å². The second kappa shape index (κ2) is 6.94. The van der Waals surface area contributed by atoms with Crippen LogP contribution in [0.2, 0.25) is 0 Å². The van der Waals surface area contributed by atoms with Crippen LogP contribution in [0.3, 0.4) is 0 Å². The Morgan fingerprint density at radius 2 is 1.87 bits per heavy atom. The monoisotopic (exact) mass is 409 g/mol. The molecule has 30 heavy (non-hydrogen) atoms. The number of hydrogen-bond acceptors (Lipinski definition) is 4. The molecule has 7 rings (SSSR count). The first-order chi connectivity index (χ1) is 14.6. The van der Waals surface area contributed by atoms with Gasteiger partial charge in [0.15, 0.2) is 5.82 Å². The minimum absolute atomic E-state index is 0.0491. The van der Waals surface area contributed by atoms with Gasteiger partial charge in [-0.05, 0) is 68.8 Å². The van der Waals surface area contributed by atoms with Crippen LogP contribution in [0.4, 0.5) is 0 Å². The molecule has 2 aromatic heterocycles. The number of nitrogens with one attached hydrogen (secondary N) is 1. The summed E-state index contributed by atoms with van der Waals surface area (Å²) in [6, 6.07) is 2.38. The Bertz CT molecular complexity index is 914. The molecular formula is C23H31N5O2. The van der Waals surface area contributed by atoms with E-state index >= 15 is 0 Å². The SMILES string of the molecule is O=C(NC1C2CC3CC1CC(O)(C3)C2)c1cnn(C2CCCCC2)c1-n1cccn1. The van der Waals surface area contributed by atoms with Crippen molar-refractivity contribution >= 4 is 5.91 Å². The van der Waals surface area contributed by atoms with Gasteiger partial charge in [0.05, 0.1) is 17.8 Å². The maximum atomic E-state index is 13.5. The van der Waals surface area contributed by atoms with Gasteiger partial charge in [-0.15, -0.1) is 0 Å². The summed E-state index contributed by atoms with van der Waals surface area (Å²) in [5.74, 6) is 2.16. The van der Waals surface area contributed by atoms with E-state index in [0.29, 0.717) is 29.4 Å². The van der Waals surface area contributed by atoms with Crippen molar-refractivity contribution in [3.63, 3.8) is 0 Å². The molecule has 0 radical (unpaired) electrons. The summed E-state index contributed by atoms with van der Waals surface area (Å²) in [5, 5.41) is 23.3. The Hall–Kier alpha value is -2.15. The van der Waals surface area contributed by atoms with Crippen molar-refractivity contribution in [3.05, 3.63) is 30.2 Å². The summed E-state index contributed by atoms with van der Waals surface area (Å²) in [6.07, 6.45) is 16.2. The molecule has 0 saturated heterocycles. The number of carbonyl (C=O) groups is 1. The van der Waals surface area contributed by atoms with E-state index in [2.05, 4.69) is 15.5 Å². The van der Waals surface area contributed by atoms with Crippen LogP contribution in [0.15, 0.2) is 24.7 Å². The molecule has 2 N–H and O–H groups in total. The zero-order valence-electron chi connectivity index (χ0n) is 17.4. The summed E-state index contributed by atoms with van der Waals surface area (Å²) in [4.78, 5) is 13.5. The quantitative estimate of drug-likeness (QED) is 0.812. The van der Waals surface area contributed by atoms with Gasteiger partial charge in [0, 0.05) is 18.4 Å². The molecule has 7 nitrogen and oxygen atoms in total. The number of rotatable bonds is 4. The average Bonchev–Trinajstić information content (AvgIpc) is 3.39. The normalized spacial score (nSPS) is 35.6. The first-order valence-corrected chi connectivity index (χ1v) is 11.7. The molecule has 0 spiro atoms. The highest BCUT2D eigenvalue weighted by atomic mass is 16.3. The molecule has 5 fully saturated rings. The molecule has 5 saturated carbocycles.